The maximum atomic E-state index is 11.4. The fraction of sp³-hybridized carbons (Fsp3) is 0.429. The van der Waals surface area contributed by atoms with Crippen molar-refractivity contribution in [1.82, 2.24) is 4.90 Å². The fourth-order valence-corrected chi connectivity index (χ4v) is 3.94. The van der Waals surface area contributed by atoms with Gasteiger partial charge in [0.2, 0.25) is 0 Å². The number of nitrogens with two attached hydrogens (primary N) is 1. The van der Waals surface area contributed by atoms with Gasteiger partial charge in [0.1, 0.15) is 0 Å². The summed E-state index contributed by atoms with van der Waals surface area (Å²) < 4.78 is 5.12. The van der Waals surface area contributed by atoms with E-state index >= 15 is 0 Å². The number of nitro benzene ring substituents is 1. The lowest BCUT2D eigenvalue weighted by molar-refractivity contribution is -0.385. The standard InChI is InChI=1S/C21H26ClN3O3/c1-28-21-11-4-16(12-20(21)25(26)27)14-24(19-9-7-18(23)8-10-19)13-15-2-5-17(22)6-3-15/h2-6,11-12,18-19H,7-10,13-14,23H2,1H3. The van der Waals surface area contributed by atoms with Crippen LogP contribution in [0.25, 0.3) is 0 Å². The molecule has 1 aliphatic carbocycles. The Bertz CT molecular complexity index is 805. The smallest absolute Gasteiger partial charge is 0.311 e. The van der Waals surface area contributed by atoms with Gasteiger partial charge in [-0.2, -0.15) is 0 Å². The van der Waals surface area contributed by atoms with E-state index in [0.29, 0.717) is 17.6 Å². The Morgan fingerprint density at radius 1 is 1.11 bits per heavy atom. The first-order valence-corrected chi connectivity index (χ1v) is 9.89. The number of methoxy groups -OCH3 is 1. The number of ether oxygens (including phenoxy) is 1. The maximum absolute atomic E-state index is 11.4. The van der Waals surface area contributed by atoms with Crippen molar-refractivity contribution in [2.45, 2.75) is 50.9 Å². The van der Waals surface area contributed by atoms with Crippen LogP contribution in [0.2, 0.25) is 5.02 Å². The van der Waals surface area contributed by atoms with Crippen LogP contribution in [0.1, 0.15) is 36.8 Å². The van der Waals surface area contributed by atoms with Crippen LogP contribution in [-0.2, 0) is 13.1 Å². The van der Waals surface area contributed by atoms with Gasteiger partial charge in [0, 0.05) is 36.3 Å². The van der Waals surface area contributed by atoms with E-state index in [1.54, 1.807) is 12.1 Å². The largest absolute Gasteiger partial charge is 0.490 e. The number of hydrogen-bond acceptors (Lipinski definition) is 5. The lowest BCUT2D eigenvalue weighted by atomic mass is 9.90. The SMILES string of the molecule is COc1ccc(CN(Cc2ccc(Cl)cc2)C2CCC(N)CC2)cc1[N+](=O)[O-]. The average molecular weight is 404 g/mol. The number of nitrogens with zero attached hydrogens (tertiary/aromatic N) is 2. The molecule has 1 fully saturated rings. The van der Waals surface area contributed by atoms with Gasteiger partial charge in [-0.15, -0.1) is 0 Å². The molecule has 0 amide bonds. The van der Waals surface area contributed by atoms with Crippen LogP contribution in [0, 0.1) is 10.1 Å². The van der Waals surface area contributed by atoms with Gasteiger partial charge in [-0.25, -0.2) is 0 Å². The molecule has 1 aliphatic rings. The molecule has 0 radical (unpaired) electrons. The molecule has 0 aliphatic heterocycles. The Kier molecular flexibility index (Phi) is 6.88. The third-order valence-electron chi connectivity index (χ3n) is 5.38. The van der Waals surface area contributed by atoms with Crippen LogP contribution in [-0.4, -0.2) is 29.0 Å². The predicted octanol–water partition coefficient (Wildman–Crippen LogP) is 4.53. The monoisotopic (exact) mass is 403 g/mol. The first kappa shape index (κ1) is 20.6. The number of benzene rings is 2. The molecule has 7 heteroatoms. The molecule has 0 spiro atoms. The third-order valence-corrected chi connectivity index (χ3v) is 5.63. The van der Waals surface area contributed by atoms with Gasteiger partial charge in [0.15, 0.2) is 5.75 Å². The average Bonchev–Trinajstić information content (AvgIpc) is 2.69. The molecule has 3 rings (SSSR count). The molecule has 150 valence electrons. The van der Waals surface area contributed by atoms with Crippen molar-refractivity contribution in [1.29, 1.82) is 0 Å². The maximum Gasteiger partial charge on any atom is 0.311 e. The summed E-state index contributed by atoms with van der Waals surface area (Å²) in [6, 6.07) is 13.7. The number of nitro groups is 1. The molecule has 2 aromatic carbocycles. The van der Waals surface area contributed by atoms with Crippen LogP contribution in [0.5, 0.6) is 5.75 Å². The third kappa shape index (κ3) is 5.22. The molecule has 0 heterocycles. The Labute approximate surface area is 170 Å². The van der Waals surface area contributed by atoms with Gasteiger partial charge < -0.3 is 10.5 Å². The lowest BCUT2D eigenvalue weighted by Crippen LogP contribution is -2.40. The van der Waals surface area contributed by atoms with E-state index < -0.39 is 4.92 Å². The highest BCUT2D eigenvalue weighted by molar-refractivity contribution is 6.30. The van der Waals surface area contributed by atoms with Crippen molar-refractivity contribution in [3.8, 4) is 5.75 Å². The van der Waals surface area contributed by atoms with E-state index in [-0.39, 0.29) is 17.5 Å². The highest BCUT2D eigenvalue weighted by atomic mass is 35.5. The normalized spacial score (nSPS) is 19.6. The molecule has 0 aromatic heterocycles. The van der Waals surface area contributed by atoms with Crippen molar-refractivity contribution in [3.63, 3.8) is 0 Å². The van der Waals surface area contributed by atoms with Crippen LogP contribution in [0.4, 0.5) is 5.69 Å². The Hall–Kier alpha value is -2.15. The molecule has 0 bridgehead atoms. The number of hydrogen-bond donors (Lipinski definition) is 1. The predicted molar refractivity (Wildman–Crippen MR) is 111 cm³/mol. The van der Waals surface area contributed by atoms with E-state index in [1.165, 1.54) is 12.7 Å². The fourth-order valence-electron chi connectivity index (χ4n) is 3.82. The topological polar surface area (TPSA) is 81.6 Å². The Balaban J connectivity index is 1.83. The summed E-state index contributed by atoms with van der Waals surface area (Å²) in [6.07, 6.45) is 4.08. The zero-order valence-electron chi connectivity index (χ0n) is 16.0. The minimum absolute atomic E-state index is 0.00268. The summed E-state index contributed by atoms with van der Waals surface area (Å²) in [4.78, 5) is 13.4. The van der Waals surface area contributed by atoms with Crippen LogP contribution < -0.4 is 10.5 Å². The Morgan fingerprint density at radius 2 is 1.71 bits per heavy atom. The van der Waals surface area contributed by atoms with Gasteiger partial charge in [0.25, 0.3) is 0 Å². The van der Waals surface area contributed by atoms with Crippen LogP contribution in [0.15, 0.2) is 42.5 Å². The minimum Gasteiger partial charge on any atom is -0.490 e. The van der Waals surface area contributed by atoms with Crippen LogP contribution in [0.3, 0.4) is 0 Å². The highest BCUT2D eigenvalue weighted by Gasteiger charge is 2.25. The molecular formula is C21H26ClN3O3. The summed E-state index contributed by atoms with van der Waals surface area (Å²) in [5.41, 5.74) is 8.15. The van der Waals surface area contributed by atoms with Gasteiger partial charge in [-0.1, -0.05) is 29.8 Å². The molecule has 2 aromatic rings. The summed E-state index contributed by atoms with van der Waals surface area (Å²) >= 11 is 6.02. The summed E-state index contributed by atoms with van der Waals surface area (Å²) in [6.45, 7) is 1.39. The van der Waals surface area contributed by atoms with E-state index in [1.807, 2.05) is 30.3 Å². The molecule has 0 atom stereocenters. The minimum atomic E-state index is -0.397. The molecular weight excluding hydrogens is 378 g/mol. The second kappa shape index (κ2) is 9.37. The van der Waals surface area contributed by atoms with Gasteiger partial charge in [0.05, 0.1) is 12.0 Å². The Morgan fingerprint density at radius 3 is 2.32 bits per heavy atom. The van der Waals surface area contributed by atoms with Gasteiger partial charge >= 0.3 is 5.69 Å². The molecule has 28 heavy (non-hydrogen) atoms. The zero-order valence-corrected chi connectivity index (χ0v) is 16.8. The summed E-state index contributed by atoms with van der Waals surface area (Å²) in [5.74, 6) is 0.279. The molecule has 6 nitrogen and oxygen atoms in total. The molecule has 0 unspecified atom stereocenters. The van der Waals surface area contributed by atoms with Crippen molar-refractivity contribution < 1.29 is 9.66 Å². The van der Waals surface area contributed by atoms with Crippen molar-refractivity contribution in [2.75, 3.05) is 7.11 Å². The van der Waals surface area contributed by atoms with Gasteiger partial charge in [-0.05, 0) is 55.0 Å². The van der Waals surface area contributed by atoms with E-state index in [4.69, 9.17) is 22.1 Å². The quantitative estimate of drug-likeness (QED) is 0.542. The van der Waals surface area contributed by atoms with Crippen molar-refractivity contribution >= 4 is 17.3 Å². The van der Waals surface area contributed by atoms with Crippen LogP contribution >= 0.6 is 11.6 Å². The number of halogens is 1. The molecule has 2 N–H and O–H groups in total. The van der Waals surface area contributed by atoms with Crippen molar-refractivity contribution in [3.05, 3.63) is 68.7 Å². The number of rotatable bonds is 7. The molecule has 1 saturated carbocycles. The molecule has 0 saturated heterocycles. The summed E-state index contributed by atoms with van der Waals surface area (Å²) in [5, 5.41) is 12.1. The summed E-state index contributed by atoms with van der Waals surface area (Å²) in [7, 11) is 1.44. The van der Waals surface area contributed by atoms with E-state index in [2.05, 4.69) is 4.90 Å². The van der Waals surface area contributed by atoms with Gasteiger partial charge in [-0.3, -0.25) is 15.0 Å². The van der Waals surface area contributed by atoms with E-state index in [9.17, 15) is 10.1 Å². The first-order valence-electron chi connectivity index (χ1n) is 9.51. The zero-order chi connectivity index (χ0) is 20.1. The second-order valence-corrected chi connectivity index (χ2v) is 7.80. The van der Waals surface area contributed by atoms with Crippen molar-refractivity contribution in [2.24, 2.45) is 5.73 Å². The highest BCUT2D eigenvalue weighted by Crippen LogP contribution is 2.30. The lowest BCUT2D eigenvalue weighted by Gasteiger charge is -2.36. The first-order chi connectivity index (χ1) is 13.5. The second-order valence-electron chi connectivity index (χ2n) is 7.36. The van der Waals surface area contributed by atoms with E-state index in [0.717, 1.165) is 37.8 Å².